The number of likely N-dealkylation sites (N-methyl/N-ethyl adjacent to an activating group) is 1. The summed E-state index contributed by atoms with van der Waals surface area (Å²) in [4.78, 5) is 67.3. The van der Waals surface area contributed by atoms with Crippen molar-refractivity contribution in [3.8, 4) is 16.9 Å². The molecule has 3 N–H and O–H groups in total. The van der Waals surface area contributed by atoms with Crippen molar-refractivity contribution < 1.29 is 38.9 Å². The molecule has 0 spiro atoms. The normalized spacial score (nSPS) is 17.3. The van der Waals surface area contributed by atoms with Gasteiger partial charge in [-0.05, 0) is 65.3 Å². The van der Waals surface area contributed by atoms with E-state index in [2.05, 4.69) is 5.32 Å². The van der Waals surface area contributed by atoms with Gasteiger partial charge in [0.1, 0.15) is 17.8 Å². The number of nitrogens with one attached hydrogen (secondary N) is 1. The summed E-state index contributed by atoms with van der Waals surface area (Å²) in [5.74, 6) is -4.16. The van der Waals surface area contributed by atoms with Crippen molar-refractivity contribution in [1.29, 1.82) is 0 Å². The molecule has 5 rings (SSSR count). The predicted octanol–water partition coefficient (Wildman–Crippen LogP) is 4.39. The van der Waals surface area contributed by atoms with Gasteiger partial charge >= 0.3 is 17.5 Å². The Kier molecular flexibility index (Phi) is 9.43. The lowest BCUT2D eigenvalue weighted by atomic mass is 9.85. The number of hydrogen-bond donors (Lipinski definition) is 3. The third kappa shape index (κ3) is 6.80. The van der Waals surface area contributed by atoms with E-state index < -0.39 is 40.9 Å². The molecule has 0 bridgehead atoms. The molecule has 0 radical (unpaired) electrons. The van der Waals surface area contributed by atoms with Crippen LogP contribution in [0.1, 0.15) is 44.7 Å². The molecule has 1 fully saturated rings. The second kappa shape index (κ2) is 13.3. The minimum atomic E-state index is -2.40. The average Bonchev–Trinajstić information content (AvgIpc) is 3.71. The van der Waals surface area contributed by atoms with Crippen LogP contribution in [-0.4, -0.2) is 76.1 Å². The summed E-state index contributed by atoms with van der Waals surface area (Å²) < 4.78 is 5.28. The van der Waals surface area contributed by atoms with Crippen LogP contribution in [-0.2, 0) is 30.4 Å². The summed E-state index contributed by atoms with van der Waals surface area (Å²) >= 11 is 0. The first-order chi connectivity index (χ1) is 22.7. The molecular weight excluding hydrogens is 614 g/mol. The Labute approximate surface area is 278 Å². The summed E-state index contributed by atoms with van der Waals surface area (Å²) in [5.41, 5.74) is 0.616. The Balaban J connectivity index is 1.26. The predicted molar refractivity (Wildman–Crippen MR) is 179 cm³/mol. The van der Waals surface area contributed by atoms with Gasteiger partial charge in [0, 0.05) is 37.3 Å². The quantitative estimate of drug-likeness (QED) is 0.227. The highest BCUT2D eigenvalue weighted by atomic mass is 16.6. The van der Waals surface area contributed by atoms with Crippen LogP contribution in [0.5, 0.6) is 5.75 Å². The van der Waals surface area contributed by atoms with Crippen LogP contribution in [0.2, 0.25) is 0 Å². The molecule has 1 saturated heterocycles. The van der Waals surface area contributed by atoms with Crippen LogP contribution in [0.25, 0.3) is 17.2 Å². The lowest BCUT2D eigenvalue weighted by molar-refractivity contribution is -0.170. The molecule has 0 aromatic heterocycles. The van der Waals surface area contributed by atoms with Crippen molar-refractivity contribution in [3.05, 3.63) is 90.0 Å². The maximum atomic E-state index is 14.0. The van der Waals surface area contributed by atoms with Gasteiger partial charge in [-0.3, -0.25) is 14.4 Å². The first-order valence-corrected chi connectivity index (χ1v) is 15.7. The molecule has 0 saturated carbocycles. The van der Waals surface area contributed by atoms with E-state index in [9.17, 15) is 34.2 Å². The number of nitrogens with zero attached hydrogens (tertiary/aromatic N) is 2. The largest absolute Gasteiger partial charge is 0.478 e. The number of carboxylic acid groups (broad SMARTS) is 2. The molecule has 48 heavy (non-hydrogen) atoms. The van der Waals surface area contributed by atoms with E-state index in [1.165, 1.54) is 18.2 Å². The van der Waals surface area contributed by atoms with E-state index in [1.807, 2.05) is 75.4 Å². The number of carbonyl (C=O) groups is 5. The van der Waals surface area contributed by atoms with Gasteiger partial charge in [-0.2, -0.15) is 0 Å². The Morgan fingerprint density at radius 3 is 2.23 bits per heavy atom. The Hall–Kier alpha value is -5.45. The van der Waals surface area contributed by atoms with Crippen molar-refractivity contribution in [3.63, 3.8) is 0 Å². The molecule has 2 aliphatic rings. The van der Waals surface area contributed by atoms with Crippen LogP contribution in [0, 0.1) is 5.41 Å². The molecule has 3 aromatic rings. The maximum Gasteiger partial charge on any atom is 0.360 e. The number of rotatable bonds is 9. The van der Waals surface area contributed by atoms with E-state index in [-0.39, 0.29) is 24.0 Å². The van der Waals surface area contributed by atoms with Crippen LogP contribution in [0.15, 0.2) is 78.9 Å². The van der Waals surface area contributed by atoms with Crippen LogP contribution < -0.4 is 15.0 Å². The number of likely N-dealkylation sites (tertiary alicyclic amines) is 1. The zero-order valence-electron chi connectivity index (χ0n) is 27.3. The van der Waals surface area contributed by atoms with Gasteiger partial charge in [0.15, 0.2) is 0 Å². The number of aliphatic carboxylic acids is 2. The molecule has 250 valence electrons. The number of anilines is 1. The average molecular weight is 654 g/mol. The Morgan fingerprint density at radius 2 is 1.60 bits per heavy atom. The summed E-state index contributed by atoms with van der Waals surface area (Å²) in [6.45, 7) is 5.90. The Morgan fingerprint density at radius 1 is 0.958 bits per heavy atom. The SMILES string of the molecule is CN(C(=O)[C@@H]1CCCN1C(=O)[C@@H](NC(=O)/C=C/c1ccc2c(c1)CC(C(=O)O)(C(=O)O)O2)C(C)(C)C)c1ccc(-c2ccccc2)cc1. The maximum absolute atomic E-state index is 14.0. The molecule has 2 atom stereocenters. The van der Waals surface area contributed by atoms with Crippen molar-refractivity contribution in [1.82, 2.24) is 10.2 Å². The van der Waals surface area contributed by atoms with E-state index in [0.29, 0.717) is 36.2 Å². The number of hydrogen-bond acceptors (Lipinski definition) is 6. The third-order valence-electron chi connectivity index (χ3n) is 8.84. The molecule has 0 unspecified atom stereocenters. The first-order valence-electron chi connectivity index (χ1n) is 15.7. The second-order valence-electron chi connectivity index (χ2n) is 13.2. The van der Waals surface area contributed by atoms with Gasteiger partial charge in [-0.15, -0.1) is 0 Å². The number of carbonyl (C=O) groups excluding carboxylic acids is 3. The van der Waals surface area contributed by atoms with Crippen molar-refractivity contribution in [2.24, 2.45) is 5.41 Å². The fraction of sp³-hybridized carbons (Fsp3) is 0.324. The summed E-state index contributed by atoms with van der Waals surface area (Å²) in [6.07, 6.45) is 3.53. The second-order valence-corrected chi connectivity index (χ2v) is 13.2. The summed E-state index contributed by atoms with van der Waals surface area (Å²) in [7, 11) is 1.70. The molecule has 3 aromatic carbocycles. The Bertz CT molecular complexity index is 1750. The van der Waals surface area contributed by atoms with Crippen LogP contribution in [0.4, 0.5) is 5.69 Å². The molecule has 11 nitrogen and oxygen atoms in total. The highest BCUT2D eigenvalue weighted by molar-refractivity contribution is 6.04. The van der Waals surface area contributed by atoms with E-state index in [4.69, 9.17) is 4.74 Å². The van der Waals surface area contributed by atoms with Gasteiger partial charge < -0.3 is 30.1 Å². The number of fused-ring (bicyclic) bond motifs is 1. The van der Waals surface area contributed by atoms with Crippen molar-refractivity contribution in [2.75, 3.05) is 18.5 Å². The van der Waals surface area contributed by atoms with Gasteiger partial charge in [0.2, 0.25) is 17.7 Å². The highest BCUT2D eigenvalue weighted by Crippen LogP contribution is 2.37. The van der Waals surface area contributed by atoms with E-state index in [1.54, 1.807) is 29.0 Å². The summed E-state index contributed by atoms with van der Waals surface area (Å²) in [6, 6.07) is 20.6. The van der Waals surface area contributed by atoms with Crippen molar-refractivity contribution in [2.45, 2.75) is 57.7 Å². The zero-order valence-corrected chi connectivity index (χ0v) is 27.3. The van der Waals surface area contributed by atoms with Gasteiger partial charge in [-0.25, -0.2) is 9.59 Å². The standard InChI is InChI=1S/C37H39N3O8/c1-36(2,3)31(38-30(41)19-13-23-12-18-29-26(21-23)22-37(48-29,34(44)45)35(46)47)33(43)40-20-8-11-28(40)32(42)39(4)27-16-14-25(15-17-27)24-9-6-5-7-10-24/h5-7,9-10,12-19,21,28,31H,8,11,20,22H2,1-4H3,(H,38,41)(H,44,45)(H,46,47)/b19-13+/t28-,31+/m0/s1. The monoisotopic (exact) mass is 653 g/mol. The van der Waals surface area contributed by atoms with Crippen LogP contribution >= 0.6 is 0 Å². The van der Waals surface area contributed by atoms with Crippen molar-refractivity contribution >= 4 is 41.4 Å². The minimum Gasteiger partial charge on any atom is -0.478 e. The number of ether oxygens (including phenoxy) is 1. The van der Waals surface area contributed by atoms with E-state index >= 15 is 0 Å². The lowest BCUT2D eigenvalue weighted by Gasteiger charge is -2.36. The van der Waals surface area contributed by atoms with Gasteiger partial charge in [0.05, 0.1) is 0 Å². The number of amides is 3. The van der Waals surface area contributed by atoms with Gasteiger partial charge in [-0.1, -0.05) is 69.3 Å². The molecular formula is C37H39N3O8. The fourth-order valence-electron chi connectivity index (χ4n) is 6.09. The summed E-state index contributed by atoms with van der Waals surface area (Å²) in [5, 5.41) is 21.8. The lowest BCUT2D eigenvalue weighted by Crippen LogP contribution is -2.57. The van der Waals surface area contributed by atoms with Crippen LogP contribution in [0.3, 0.4) is 0 Å². The molecule has 2 aliphatic heterocycles. The minimum absolute atomic E-state index is 0.143. The molecule has 0 aliphatic carbocycles. The van der Waals surface area contributed by atoms with E-state index in [0.717, 1.165) is 11.1 Å². The number of carboxylic acids is 2. The zero-order chi connectivity index (χ0) is 34.8. The number of benzene rings is 3. The third-order valence-corrected chi connectivity index (χ3v) is 8.84. The molecule has 2 heterocycles. The van der Waals surface area contributed by atoms with Gasteiger partial charge in [0.25, 0.3) is 0 Å². The molecule has 11 heteroatoms. The topological polar surface area (TPSA) is 154 Å². The fourth-order valence-corrected chi connectivity index (χ4v) is 6.09. The smallest absolute Gasteiger partial charge is 0.360 e. The highest BCUT2D eigenvalue weighted by Gasteiger charge is 2.54. The molecule has 3 amide bonds. The first kappa shape index (κ1) is 33.9.